The summed E-state index contributed by atoms with van der Waals surface area (Å²) in [5.41, 5.74) is 9.81. The van der Waals surface area contributed by atoms with Crippen LogP contribution in [-0.4, -0.2) is 7.11 Å². The minimum atomic E-state index is -0.230. The molecule has 0 aliphatic carbocycles. The summed E-state index contributed by atoms with van der Waals surface area (Å²) in [6.45, 7) is 6.60. The number of halogens is 1. The lowest BCUT2D eigenvalue weighted by Crippen LogP contribution is -2.15. The topological polar surface area (TPSA) is 35.2 Å². The van der Waals surface area contributed by atoms with Gasteiger partial charge in [-0.15, -0.1) is 0 Å². The molecule has 0 fully saturated rings. The van der Waals surface area contributed by atoms with Gasteiger partial charge in [0.15, 0.2) is 0 Å². The third kappa shape index (κ3) is 3.58. The third-order valence-electron chi connectivity index (χ3n) is 3.67. The van der Waals surface area contributed by atoms with Gasteiger partial charge in [-0.05, 0) is 28.7 Å². The maximum atomic E-state index is 6.38. The van der Waals surface area contributed by atoms with E-state index in [0.717, 1.165) is 16.9 Å². The zero-order valence-electron chi connectivity index (χ0n) is 13.0. The maximum absolute atomic E-state index is 6.38. The highest BCUT2D eigenvalue weighted by Gasteiger charge is 2.17. The van der Waals surface area contributed by atoms with Crippen molar-refractivity contribution in [3.8, 4) is 5.75 Å². The van der Waals surface area contributed by atoms with Crippen LogP contribution >= 0.6 is 11.6 Å². The van der Waals surface area contributed by atoms with E-state index in [9.17, 15) is 0 Å². The standard InChI is InChI=1S/C18H22ClNO/c1-18(2,3)13-7-5-12(6-8-13)17(20)15-10-9-14(19)11-16(15)21-4/h5-11,17H,20H2,1-4H3. The molecule has 1 unspecified atom stereocenters. The van der Waals surface area contributed by atoms with Gasteiger partial charge in [-0.25, -0.2) is 0 Å². The number of rotatable bonds is 3. The first kappa shape index (κ1) is 15.9. The Morgan fingerprint density at radius 3 is 2.19 bits per heavy atom. The molecule has 2 N–H and O–H groups in total. The van der Waals surface area contributed by atoms with E-state index < -0.39 is 0 Å². The number of hydrogen-bond acceptors (Lipinski definition) is 2. The Hall–Kier alpha value is -1.51. The Balaban J connectivity index is 2.34. The molecule has 21 heavy (non-hydrogen) atoms. The predicted molar refractivity (Wildman–Crippen MR) is 89.2 cm³/mol. The molecule has 2 rings (SSSR count). The van der Waals surface area contributed by atoms with E-state index in [-0.39, 0.29) is 11.5 Å². The van der Waals surface area contributed by atoms with E-state index in [0.29, 0.717) is 5.02 Å². The summed E-state index contributed by atoms with van der Waals surface area (Å²) >= 11 is 6.00. The predicted octanol–water partition coefficient (Wildman–Crippen LogP) is 4.69. The molecule has 0 aliphatic rings. The fourth-order valence-electron chi connectivity index (χ4n) is 2.31. The van der Waals surface area contributed by atoms with Gasteiger partial charge >= 0.3 is 0 Å². The molecule has 0 saturated carbocycles. The summed E-state index contributed by atoms with van der Waals surface area (Å²) < 4.78 is 5.38. The SMILES string of the molecule is COc1cc(Cl)ccc1C(N)c1ccc(C(C)(C)C)cc1. The fourth-order valence-corrected chi connectivity index (χ4v) is 2.47. The average Bonchev–Trinajstić information content (AvgIpc) is 2.45. The lowest BCUT2D eigenvalue weighted by atomic mass is 9.86. The highest BCUT2D eigenvalue weighted by Crippen LogP contribution is 2.31. The maximum Gasteiger partial charge on any atom is 0.125 e. The second kappa shape index (κ2) is 6.08. The normalized spacial score (nSPS) is 13.0. The molecular formula is C18H22ClNO. The van der Waals surface area contributed by atoms with Crippen LogP contribution in [0.1, 0.15) is 43.5 Å². The number of nitrogens with two attached hydrogens (primary N) is 1. The average molecular weight is 304 g/mol. The monoisotopic (exact) mass is 303 g/mol. The Bertz CT molecular complexity index is 614. The molecular weight excluding hydrogens is 282 g/mol. The minimum Gasteiger partial charge on any atom is -0.496 e. The lowest BCUT2D eigenvalue weighted by Gasteiger charge is -2.21. The molecule has 0 heterocycles. The summed E-state index contributed by atoms with van der Waals surface area (Å²) in [6.07, 6.45) is 0. The number of benzene rings is 2. The highest BCUT2D eigenvalue weighted by molar-refractivity contribution is 6.30. The van der Waals surface area contributed by atoms with E-state index >= 15 is 0 Å². The molecule has 0 bridgehead atoms. The molecule has 112 valence electrons. The number of ether oxygens (including phenoxy) is 1. The van der Waals surface area contributed by atoms with E-state index in [1.54, 1.807) is 13.2 Å². The van der Waals surface area contributed by atoms with Gasteiger partial charge in [0, 0.05) is 10.6 Å². The molecule has 1 atom stereocenters. The van der Waals surface area contributed by atoms with Crippen molar-refractivity contribution < 1.29 is 4.74 Å². The summed E-state index contributed by atoms with van der Waals surface area (Å²) in [5, 5.41) is 0.644. The van der Waals surface area contributed by atoms with Crippen LogP contribution in [0.4, 0.5) is 0 Å². The quantitative estimate of drug-likeness (QED) is 0.892. The second-order valence-corrected chi connectivity index (χ2v) is 6.67. The van der Waals surface area contributed by atoms with Gasteiger partial charge in [-0.1, -0.05) is 62.7 Å². The zero-order valence-corrected chi connectivity index (χ0v) is 13.7. The molecule has 0 aliphatic heterocycles. The van der Waals surface area contributed by atoms with Crippen LogP contribution in [0.25, 0.3) is 0 Å². The van der Waals surface area contributed by atoms with E-state index in [1.165, 1.54) is 5.56 Å². The van der Waals surface area contributed by atoms with Gasteiger partial charge in [-0.3, -0.25) is 0 Å². The van der Waals surface area contributed by atoms with Crippen molar-refractivity contribution in [1.82, 2.24) is 0 Å². The Morgan fingerprint density at radius 1 is 1.05 bits per heavy atom. The molecule has 2 aromatic rings. The largest absolute Gasteiger partial charge is 0.496 e. The third-order valence-corrected chi connectivity index (χ3v) is 3.90. The van der Waals surface area contributed by atoms with Gasteiger partial charge in [-0.2, -0.15) is 0 Å². The fraction of sp³-hybridized carbons (Fsp3) is 0.333. The van der Waals surface area contributed by atoms with E-state index in [1.807, 2.05) is 12.1 Å². The van der Waals surface area contributed by atoms with Crippen molar-refractivity contribution in [2.75, 3.05) is 7.11 Å². The number of methoxy groups -OCH3 is 1. The van der Waals surface area contributed by atoms with Crippen LogP contribution in [-0.2, 0) is 5.41 Å². The van der Waals surface area contributed by atoms with Crippen molar-refractivity contribution in [3.05, 3.63) is 64.2 Å². The minimum absolute atomic E-state index is 0.139. The summed E-state index contributed by atoms with van der Waals surface area (Å²) in [7, 11) is 1.63. The summed E-state index contributed by atoms with van der Waals surface area (Å²) in [5.74, 6) is 0.717. The van der Waals surface area contributed by atoms with Crippen LogP contribution in [0.2, 0.25) is 5.02 Å². The molecule has 0 aromatic heterocycles. The zero-order chi connectivity index (χ0) is 15.6. The smallest absolute Gasteiger partial charge is 0.125 e. The van der Waals surface area contributed by atoms with Gasteiger partial charge in [0.05, 0.1) is 13.2 Å². The van der Waals surface area contributed by atoms with Crippen molar-refractivity contribution >= 4 is 11.6 Å². The van der Waals surface area contributed by atoms with Gasteiger partial charge in [0.1, 0.15) is 5.75 Å². The lowest BCUT2D eigenvalue weighted by molar-refractivity contribution is 0.408. The highest BCUT2D eigenvalue weighted by atomic mass is 35.5. The van der Waals surface area contributed by atoms with Crippen LogP contribution in [0, 0.1) is 0 Å². The second-order valence-electron chi connectivity index (χ2n) is 6.24. The molecule has 0 radical (unpaired) electrons. The van der Waals surface area contributed by atoms with Crippen molar-refractivity contribution in [3.63, 3.8) is 0 Å². The molecule has 0 spiro atoms. The first-order valence-corrected chi connectivity index (χ1v) is 7.40. The Kier molecular flexibility index (Phi) is 4.60. The molecule has 2 aromatic carbocycles. The van der Waals surface area contributed by atoms with Crippen LogP contribution in [0.5, 0.6) is 5.75 Å². The van der Waals surface area contributed by atoms with Crippen molar-refractivity contribution in [1.29, 1.82) is 0 Å². The molecule has 0 saturated heterocycles. The van der Waals surface area contributed by atoms with Crippen LogP contribution in [0.3, 0.4) is 0 Å². The molecule has 0 amide bonds. The molecule has 2 nitrogen and oxygen atoms in total. The first-order chi connectivity index (χ1) is 9.82. The Morgan fingerprint density at radius 2 is 1.67 bits per heavy atom. The molecule has 3 heteroatoms. The van der Waals surface area contributed by atoms with Crippen molar-refractivity contribution in [2.24, 2.45) is 5.73 Å². The number of hydrogen-bond donors (Lipinski definition) is 1. The van der Waals surface area contributed by atoms with E-state index in [2.05, 4.69) is 45.0 Å². The Labute approximate surface area is 131 Å². The van der Waals surface area contributed by atoms with Crippen LogP contribution in [0.15, 0.2) is 42.5 Å². The first-order valence-electron chi connectivity index (χ1n) is 7.02. The van der Waals surface area contributed by atoms with E-state index in [4.69, 9.17) is 22.1 Å². The van der Waals surface area contributed by atoms with Crippen LogP contribution < -0.4 is 10.5 Å². The van der Waals surface area contributed by atoms with Gasteiger partial charge in [0.25, 0.3) is 0 Å². The van der Waals surface area contributed by atoms with Crippen molar-refractivity contribution in [2.45, 2.75) is 32.2 Å². The van der Waals surface area contributed by atoms with Gasteiger partial charge < -0.3 is 10.5 Å². The van der Waals surface area contributed by atoms with Gasteiger partial charge in [0.2, 0.25) is 0 Å². The summed E-state index contributed by atoms with van der Waals surface area (Å²) in [6, 6.07) is 13.8. The summed E-state index contributed by atoms with van der Waals surface area (Å²) in [4.78, 5) is 0.